The molecule has 0 aromatic rings. The molecule has 284 valence electrons. The van der Waals surface area contributed by atoms with Gasteiger partial charge < -0.3 is 34.6 Å². The zero-order valence-electron chi connectivity index (χ0n) is 31.2. The van der Waals surface area contributed by atoms with Crippen LogP contribution in [0, 0.1) is 28.6 Å². The van der Waals surface area contributed by atoms with Crippen molar-refractivity contribution in [2.24, 2.45) is 33.6 Å². The topological polar surface area (TPSA) is 138 Å². The van der Waals surface area contributed by atoms with E-state index in [2.05, 4.69) is 20.1 Å². The molecule has 9 heteroatoms. The highest BCUT2D eigenvalue weighted by atomic mass is 16.7. The van der Waals surface area contributed by atoms with Crippen LogP contribution < -0.4 is 0 Å². The summed E-state index contributed by atoms with van der Waals surface area (Å²) < 4.78 is 17.7. The van der Waals surface area contributed by atoms with Crippen molar-refractivity contribution in [2.75, 3.05) is 13.2 Å². The Bertz CT molecular complexity index is 1210. The monoisotopic (exact) mass is 701 g/mol. The maximum absolute atomic E-state index is 12.8. The Hall–Kier alpha value is -1.36. The van der Waals surface area contributed by atoms with Crippen LogP contribution in [0.5, 0.6) is 0 Å². The number of cyclic esters (lactones) is 1. The van der Waals surface area contributed by atoms with Gasteiger partial charge in [0.1, 0.15) is 12.7 Å². The van der Waals surface area contributed by atoms with E-state index in [1.807, 2.05) is 0 Å². The number of nitrogens with zero attached hydrogens (tertiary/aromatic N) is 1. The molecule has 4 aliphatic carbocycles. The predicted molar refractivity (Wildman–Crippen MR) is 193 cm³/mol. The lowest BCUT2D eigenvalue weighted by atomic mass is 9.41. The minimum absolute atomic E-state index is 0.0329. The van der Waals surface area contributed by atoms with E-state index in [-0.39, 0.29) is 41.7 Å². The summed E-state index contributed by atoms with van der Waals surface area (Å²) >= 11 is 0. The number of aliphatic hydroxyl groups excluding tert-OH is 2. The van der Waals surface area contributed by atoms with Crippen molar-refractivity contribution in [2.45, 2.75) is 191 Å². The fourth-order valence-electron chi connectivity index (χ4n) is 11.7. The maximum Gasteiger partial charge on any atom is 0.331 e. The average molecular weight is 702 g/mol. The molecule has 6 aliphatic rings. The highest BCUT2D eigenvalue weighted by molar-refractivity contribution is 5.85. The first-order valence-corrected chi connectivity index (χ1v) is 20.5. The van der Waals surface area contributed by atoms with Crippen molar-refractivity contribution in [3.63, 3.8) is 0 Å². The zero-order valence-corrected chi connectivity index (χ0v) is 31.2. The number of carbonyl (C=O) groups is 1. The molecule has 1 saturated heterocycles. The number of fused-ring (bicyclic) bond motifs is 5. The van der Waals surface area contributed by atoms with Crippen molar-refractivity contribution < 1.29 is 39.4 Å². The third kappa shape index (κ3) is 7.26. The molecule has 4 saturated carbocycles. The van der Waals surface area contributed by atoms with Gasteiger partial charge in [-0.15, -0.1) is 0 Å². The highest BCUT2D eigenvalue weighted by Crippen LogP contribution is 2.70. The van der Waals surface area contributed by atoms with Gasteiger partial charge in [-0.1, -0.05) is 71.6 Å². The first kappa shape index (κ1) is 38.4. The molecule has 50 heavy (non-hydrogen) atoms. The first-order chi connectivity index (χ1) is 24.0. The van der Waals surface area contributed by atoms with Crippen molar-refractivity contribution in [1.82, 2.24) is 0 Å². The molecule has 2 aliphatic heterocycles. The van der Waals surface area contributed by atoms with Crippen LogP contribution in [0.3, 0.4) is 0 Å². The summed E-state index contributed by atoms with van der Waals surface area (Å²) in [5, 5.41) is 46.2. The largest absolute Gasteiger partial charge is 0.458 e. The molecule has 2 heterocycles. The van der Waals surface area contributed by atoms with Gasteiger partial charge in [-0.2, -0.15) is 0 Å². The number of ether oxygens (including phenoxy) is 3. The number of aliphatic imine (C=N–C) groups is 1. The number of rotatable bonds is 15. The Morgan fingerprint density at radius 1 is 0.920 bits per heavy atom. The van der Waals surface area contributed by atoms with Crippen LogP contribution in [0.4, 0.5) is 0 Å². The molecular formula is C41H67NO8. The summed E-state index contributed by atoms with van der Waals surface area (Å²) in [6, 6.07) is 0. The molecular weight excluding hydrogens is 634 g/mol. The zero-order chi connectivity index (χ0) is 35.6. The number of esters is 1. The third-order valence-electron chi connectivity index (χ3n) is 14.6. The van der Waals surface area contributed by atoms with E-state index in [0.717, 1.165) is 50.6 Å². The molecule has 0 unspecified atom stereocenters. The molecule has 0 bridgehead atoms. The van der Waals surface area contributed by atoms with Gasteiger partial charge in [0, 0.05) is 42.5 Å². The molecule has 5 fully saturated rings. The number of aliphatic hydroxyl groups is 4. The van der Waals surface area contributed by atoms with E-state index >= 15 is 0 Å². The summed E-state index contributed by atoms with van der Waals surface area (Å²) in [5.74, 6) is -0.0252. The van der Waals surface area contributed by atoms with Crippen LogP contribution in [0.1, 0.15) is 149 Å². The molecule has 0 radical (unpaired) electrons. The summed E-state index contributed by atoms with van der Waals surface area (Å²) in [4.78, 5) is 17.1. The van der Waals surface area contributed by atoms with Gasteiger partial charge in [0.15, 0.2) is 6.29 Å². The molecule has 6 rings (SSSR count). The Labute approximate surface area is 300 Å². The van der Waals surface area contributed by atoms with E-state index in [4.69, 9.17) is 19.2 Å². The van der Waals surface area contributed by atoms with Crippen LogP contribution in [0.2, 0.25) is 0 Å². The van der Waals surface area contributed by atoms with E-state index in [9.17, 15) is 25.2 Å². The van der Waals surface area contributed by atoms with E-state index in [1.54, 1.807) is 13.0 Å². The summed E-state index contributed by atoms with van der Waals surface area (Å²) in [6.45, 7) is 7.33. The number of hydrogen-bond acceptors (Lipinski definition) is 9. The first-order valence-electron chi connectivity index (χ1n) is 20.5. The van der Waals surface area contributed by atoms with Gasteiger partial charge in [-0.3, -0.25) is 4.99 Å². The normalized spacial score (nSPS) is 44.5. The molecule has 0 aromatic carbocycles. The standard InChI is InChI=1S/C41H67NO8/c1-4-5-6-7-8-9-10-11-12-13-22-42-27-39-19-14-30(50-36-24-34(43)37(45)28(2)49-36)25-40(39,46)20-16-33-32(39)15-18-38(3)31(17-21-41(33,38)47)29-23-35(44)48-26-29/h23,27-28,30-34,36-37,43,45-47H,4-22,24-26H2,1-3H3/t28-,30-,31-,32-,33+,34-,36+,37+,38+,39-,40+,41-/m0/s1. The van der Waals surface area contributed by atoms with Crippen molar-refractivity contribution in [3.05, 3.63) is 11.6 Å². The van der Waals surface area contributed by atoms with Gasteiger partial charge >= 0.3 is 5.97 Å². The molecule has 12 atom stereocenters. The van der Waals surface area contributed by atoms with Crippen molar-refractivity contribution in [1.29, 1.82) is 0 Å². The quantitative estimate of drug-likeness (QED) is 0.0651. The second-order valence-corrected chi connectivity index (χ2v) is 17.4. The maximum atomic E-state index is 12.8. The SMILES string of the molecule is CCCCCCCCCCCCN=C[C@]12CC[C@H](O[C@@H]3C[C@H](O)[C@H](O)[C@H](C)O3)C[C@]1(O)CC[C@@H]1[C@@H]2CC[C@]2(C)[C@H](C3=CC(=O)OC3)CC[C@]12O. The number of unbranched alkanes of at least 4 members (excludes halogenated alkanes) is 9. The molecule has 4 N–H and O–H groups in total. The molecule has 0 aromatic heterocycles. The van der Waals surface area contributed by atoms with Gasteiger partial charge in [0.2, 0.25) is 0 Å². The van der Waals surface area contributed by atoms with Gasteiger partial charge in [-0.05, 0) is 88.0 Å². The van der Waals surface area contributed by atoms with Crippen molar-refractivity contribution in [3.8, 4) is 0 Å². The summed E-state index contributed by atoms with van der Waals surface area (Å²) in [5.41, 5.74) is -1.80. The third-order valence-corrected chi connectivity index (χ3v) is 14.6. The fraction of sp³-hybridized carbons (Fsp3) is 0.902. The predicted octanol–water partition coefficient (Wildman–Crippen LogP) is 6.57. The van der Waals surface area contributed by atoms with Crippen LogP contribution in [0.15, 0.2) is 16.6 Å². The average Bonchev–Trinajstić information content (AvgIpc) is 3.63. The minimum Gasteiger partial charge on any atom is -0.458 e. The lowest BCUT2D eigenvalue weighted by Crippen LogP contribution is -2.69. The summed E-state index contributed by atoms with van der Waals surface area (Å²) in [7, 11) is 0. The Morgan fingerprint density at radius 3 is 2.30 bits per heavy atom. The van der Waals surface area contributed by atoms with Crippen LogP contribution in [0.25, 0.3) is 0 Å². The van der Waals surface area contributed by atoms with Gasteiger partial charge in [0.05, 0.1) is 29.5 Å². The second kappa shape index (κ2) is 15.9. The minimum atomic E-state index is -1.03. The summed E-state index contributed by atoms with van der Waals surface area (Å²) in [6.07, 6.45) is 20.0. The van der Waals surface area contributed by atoms with E-state index in [1.165, 1.54) is 57.8 Å². The van der Waals surface area contributed by atoms with Gasteiger partial charge in [-0.25, -0.2) is 4.79 Å². The highest BCUT2D eigenvalue weighted by Gasteiger charge is 2.71. The second-order valence-electron chi connectivity index (χ2n) is 17.4. The lowest BCUT2D eigenvalue weighted by Gasteiger charge is -2.66. The van der Waals surface area contributed by atoms with E-state index in [0.29, 0.717) is 32.3 Å². The molecule has 0 spiro atoms. The van der Waals surface area contributed by atoms with E-state index < -0.39 is 41.2 Å². The smallest absolute Gasteiger partial charge is 0.331 e. The number of carbonyl (C=O) groups excluding carboxylic acids is 1. The van der Waals surface area contributed by atoms with Crippen LogP contribution >= 0.6 is 0 Å². The van der Waals surface area contributed by atoms with Crippen LogP contribution in [-0.4, -0.2) is 87.7 Å². The number of hydrogen-bond donors (Lipinski definition) is 4. The molecule has 0 amide bonds. The van der Waals surface area contributed by atoms with Gasteiger partial charge in [0.25, 0.3) is 0 Å². The Balaban J connectivity index is 1.15. The van der Waals surface area contributed by atoms with Crippen molar-refractivity contribution >= 4 is 12.2 Å². The fourth-order valence-corrected chi connectivity index (χ4v) is 11.7. The Morgan fingerprint density at radius 2 is 1.62 bits per heavy atom. The molecule has 9 nitrogen and oxygen atoms in total. The van der Waals surface area contributed by atoms with Crippen LogP contribution in [-0.2, 0) is 19.0 Å². The lowest BCUT2D eigenvalue weighted by molar-refractivity contribution is -0.282. The Kier molecular flexibility index (Phi) is 12.2.